The van der Waals surface area contributed by atoms with Gasteiger partial charge in [0.05, 0.1) is 6.42 Å². The molecule has 0 saturated carbocycles. The summed E-state index contributed by atoms with van der Waals surface area (Å²) in [6, 6.07) is 17.7. The molecule has 0 aliphatic carbocycles. The van der Waals surface area contributed by atoms with Crippen molar-refractivity contribution in [3.05, 3.63) is 89.2 Å². The van der Waals surface area contributed by atoms with Crippen molar-refractivity contribution >= 4 is 23.7 Å². The van der Waals surface area contributed by atoms with E-state index in [-0.39, 0.29) is 13.0 Å². The molecule has 0 aliphatic heterocycles. The SMILES string of the molecule is CC(C)(C)OC(=O)NCc1cc(F)cc(-c2cccc(C(=O)Nc3ccccc3CC(=O)O)c2)c1. The fourth-order valence-corrected chi connectivity index (χ4v) is 3.40. The van der Waals surface area contributed by atoms with Crippen LogP contribution in [0.4, 0.5) is 14.9 Å². The van der Waals surface area contributed by atoms with Crippen molar-refractivity contribution in [1.82, 2.24) is 5.32 Å². The van der Waals surface area contributed by atoms with Crippen molar-refractivity contribution in [1.29, 1.82) is 0 Å². The predicted molar refractivity (Wildman–Crippen MR) is 131 cm³/mol. The van der Waals surface area contributed by atoms with Gasteiger partial charge in [0.2, 0.25) is 0 Å². The smallest absolute Gasteiger partial charge is 0.407 e. The van der Waals surface area contributed by atoms with Crippen LogP contribution < -0.4 is 10.6 Å². The van der Waals surface area contributed by atoms with Crippen LogP contribution in [0.5, 0.6) is 0 Å². The number of carbonyl (C=O) groups is 3. The molecule has 2 amide bonds. The van der Waals surface area contributed by atoms with E-state index in [1.165, 1.54) is 12.1 Å². The Morgan fingerprint density at radius 3 is 2.40 bits per heavy atom. The van der Waals surface area contributed by atoms with Crippen LogP contribution >= 0.6 is 0 Å². The molecular formula is C27H27FN2O5. The summed E-state index contributed by atoms with van der Waals surface area (Å²) in [6.45, 7) is 5.32. The molecule has 7 nitrogen and oxygen atoms in total. The lowest BCUT2D eigenvalue weighted by atomic mass is 10.00. The Kier molecular flexibility index (Phi) is 7.86. The van der Waals surface area contributed by atoms with Crippen LogP contribution in [-0.2, 0) is 22.5 Å². The van der Waals surface area contributed by atoms with E-state index in [1.54, 1.807) is 75.4 Å². The van der Waals surface area contributed by atoms with E-state index in [0.717, 1.165) is 0 Å². The first-order valence-corrected chi connectivity index (χ1v) is 11.0. The maximum Gasteiger partial charge on any atom is 0.407 e. The first kappa shape index (κ1) is 25.4. The predicted octanol–water partition coefficient (Wildman–Crippen LogP) is 5.40. The van der Waals surface area contributed by atoms with Crippen molar-refractivity contribution in [2.24, 2.45) is 0 Å². The molecule has 0 aliphatic rings. The molecule has 3 aromatic carbocycles. The first-order valence-electron chi connectivity index (χ1n) is 11.0. The van der Waals surface area contributed by atoms with Crippen LogP contribution in [0.15, 0.2) is 66.7 Å². The third-order valence-electron chi connectivity index (χ3n) is 4.86. The highest BCUT2D eigenvalue weighted by Gasteiger charge is 2.16. The molecule has 3 N–H and O–H groups in total. The summed E-state index contributed by atoms with van der Waals surface area (Å²) < 4.78 is 19.5. The number of rotatable bonds is 7. The van der Waals surface area contributed by atoms with Crippen LogP contribution in [0.1, 0.15) is 42.3 Å². The van der Waals surface area contributed by atoms with Crippen LogP contribution in [0.3, 0.4) is 0 Å². The largest absolute Gasteiger partial charge is 0.481 e. The van der Waals surface area contributed by atoms with E-state index in [9.17, 15) is 18.8 Å². The van der Waals surface area contributed by atoms with Crippen molar-refractivity contribution < 1.29 is 28.6 Å². The average molecular weight is 479 g/mol. The topological polar surface area (TPSA) is 105 Å². The Labute approximate surface area is 202 Å². The van der Waals surface area contributed by atoms with E-state index in [1.807, 2.05) is 0 Å². The van der Waals surface area contributed by atoms with E-state index in [2.05, 4.69) is 10.6 Å². The van der Waals surface area contributed by atoms with Crippen LogP contribution in [0.2, 0.25) is 0 Å². The molecule has 0 fully saturated rings. The van der Waals surface area contributed by atoms with Crippen LogP contribution in [-0.4, -0.2) is 28.7 Å². The fraction of sp³-hybridized carbons (Fsp3) is 0.222. The van der Waals surface area contributed by atoms with Crippen LogP contribution in [0.25, 0.3) is 11.1 Å². The lowest BCUT2D eigenvalue weighted by Crippen LogP contribution is -2.32. The number of hydrogen-bond acceptors (Lipinski definition) is 4. The summed E-state index contributed by atoms with van der Waals surface area (Å²) >= 11 is 0. The number of nitrogens with one attached hydrogen (secondary N) is 2. The number of aliphatic carboxylic acids is 1. The molecule has 0 heterocycles. The molecule has 3 aromatic rings. The second-order valence-corrected chi connectivity index (χ2v) is 8.97. The second kappa shape index (κ2) is 10.8. The summed E-state index contributed by atoms with van der Waals surface area (Å²) in [6.07, 6.45) is -0.829. The Bertz CT molecular complexity index is 1250. The fourth-order valence-electron chi connectivity index (χ4n) is 3.40. The zero-order chi connectivity index (χ0) is 25.6. The molecule has 0 unspecified atom stereocenters. The number of ether oxygens (including phenoxy) is 1. The first-order chi connectivity index (χ1) is 16.5. The summed E-state index contributed by atoms with van der Waals surface area (Å²) in [7, 11) is 0. The molecular weight excluding hydrogens is 451 g/mol. The van der Waals surface area contributed by atoms with Crippen LogP contribution in [0, 0.1) is 5.82 Å². The normalized spacial score (nSPS) is 11.0. The van der Waals surface area contributed by atoms with Gasteiger partial charge in [-0.3, -0.25) is 9.59 Å². The van der Waals surface area contributed by atoms with E-state index < -0.39 is 29.4 Å². The third-order valence-corrected chi connectivity index (χ3v) is 4.86. The molecule has 0 bridgehead atoms. The Balaban J connectivity index is 1.78. The zero-order valence-electron chi connectivity index (χ0n) is 19.7. The van der Waals surface area contributed by atoms with Gasteiger partial charge in [-0.15, -0.1) is 0 Å². The van der Waals surface area contributed by atoms with Crippen molar-refractivity contribution in [3.8, 4) is 11.1 Å². The number of benzene rings is 3. The highest BCUT2D eigenvalue weighted by molar-refractivity contribution is 6.05. The van der Waals surface area contributed by atoms with E-state index in [0.29, 0.717) is 33.5 Å². The molecule has 0 spiro atoms. The van der Waals surface area contributed by atoms with Gasteiger partial charge in [-0.25, -0.2) is 9.18 Å². The van der Waals surface area contributed by atoms with Crippen molar-refractivity contribution in [2.75, 3.05) is 5.32 Å². The summed E-state index contributed by atoms with van der Waals surface area (Å²) in [5.41, 5.74) is 2.24. The summed E-state index contributed by atoms with van der Waals surface area (Å²) in [4.78, 5) is 35.9. The number of carboxylic acid groups (broad SMARTS) is 1. The minimum Gasteiger partial charge on any atom is -0.481 e. The number of alkyl carbamates (subject to hydrolysis) is 1. The molecule has 0 saturated heterocycles. The summed E-state index contributed by atoms with van der Waals surface area (Å²) in [5.74, 6) is -1.91. The number of anilines is 1. The van der Waals surface area contributed by atoms with E-state index in [4.69, 9.17) is 9.84 Å². The minimum absolute atomic E-state index is 0.0697. The highest BCUT2D eigenvalue weighted by Crippen LogP contribution is 2.24. The molecule has 0 atom stereocenters. The Morgan fingerprint density at radius 2 is 1.69 bits per heavy atom. The van der Waals surface area contributed by atoms with Gasteiger partial charge in [0.1, 0.15) is 11.4 Å². The second-order valence-electron chi connectivity index (χ2n) is 8.97. The quantitative estimate of drug-likeness (QED) is 0.422. The maximum atomic E-state index is 14.3. The zero-order valence-corrected chi connectivity index (χ0v) is 19.7. The van der Waals surface area contributed by atoms with Gasteiger partial charge < -0.3 is 20.5 Å². The molecule has 0 aromatic heterocycles. The number of carboxylic acids is 1. The van der Waals surface area contributed by atoms with E-state index >= 15 is 0 Å². The minimum atomic E-state index is -1.00. The average Bonchev–Trinajstić information content (AvgIpc) is 2.77. The number of para-hydroxylation sites is 1. The molecule has 3 rings (SSSR count). The number of hydrogen-bond donors (Lipinski definition) is 3. The number of amides is 2. The third kappa shape index (κ3) is 7.67. The maximum absolute atomic E-state index is 14.3. The molecule has 0 radical (unpaired) electrons. The number of halogens is 1. The van der Waals surface area contributed by atoms with Gasteiger partial charge in [-0.05, 0) is 79.4 Å². The van der Waals surface area contributed by atoms with Crippen molar-refractivity contribution in [3.63, 3.8) is 0 Å². The lowest BCUT2D eigenvalue weighted by Gasteiger charge is -2.19. The molecule has 182 valence electrons. The van der Waals surface area contributed by atoms with Crippen molar-refractivity contribution in [2.45, 2.75) is 39.3 Å². The van der Waals surface area contributed by atoms with Gasteiger partial charge >= 0.3 is 12.1 Å². The monoisotopic (exact) mass is 478 g/mol. The molecule has 8 heteroatoms. The Morgan fingerprint density at radius 1 is 0.943 bits per heavy atom. The molecule has 35 heavy (non-hydrogen) atoms. The standard InChI is InChI=1S/C27H27FN2O5/c1-27(2,3)35-26(34)29-16-17-11-21(14-22(28)12-17)18-8-6-9-20(13-18)25(33)30-23-10-5-4-7-19(23)15-24(31)32/h4-14H,15-16H2,1-3H3,(H,29,34)(H,30,33)(H,31,32). The number of carbonyl (C=O) groups excluding carboxylic acids is 2. The summed E-state index contributed by atoms with van der Waals surface area (Å²) in [5, 5.41) is 14.4. The van der Waals surface area contributed by atoms with Gasteiger partial charge in [0.15, 0.2) is 0 Å². The van der Waals surface area contributed by atoms with Gasteiger partial charge in [0.25, 0.3) is 5.91 Å². The Hall–Kier alpha value is -4.20. The highest BCUT2D eigenvalue weighted by atomic mass is 19.1. The van der Waals surface area contributed by atoms with Gasteiger partial charge in [-0.2, -0.15) is 0 Å². The lowest BCUT2D eigenvalue weighted by molar-refractivity contribution is -0.136. The van der Waals surface area contributed by atoms with Gasteiger partial charge in [0, 0.05) is 17.8 Å². The van der Waals surface area contributed by atoms with Gasteiger partial charge in [-0.1, -0.05) is 30.3 Å².